The Labute approximate surface area is 82.5 Å². The lowest BCUT2D eigenvalue weighted by Gasteiger charge is -2.18. The van der Waals surface area contributed by atoms with Crippen molar-refractivity contribution >= 4 is 17.0 Å². The van der Waals surface area contributed by atoms with Gasteiger partial charge in [0, 0.05) is 17.3 Å². The van der Waals surface area contributed by atoms with Crippen LogP contribution in [0.25, 0.3) is 0 Å². The molecule has 2 unspecified atom stereocenters. The summed E-state index contributed by atoms with van der Waals surface area (Å²) in [5.41, 5.74) is 1.41. The van der Waals surface area contributed by atoms with Crippen molar-refractivity contribution in [2.75, 3.05) is 6.54 Å². The summed E-state index contributed by atoms with van der Waals surface area (Å²) < 4.78 is 0. The molecule has 0 N–H and O–H groups in total. The van der Waals surface area contributed by atoms with Gasteiger partial charge in [0.05, 0.1) is 5.71 Å². The van der Waals surface area contributed by atoms with Crippen LogP contribution < -0.4 is 0 Å². The summed E-state index contributed by atoms with van der Waals surface area (Å²) in [5.74, 6) is 1.70. The summed E-state index contributed by atoms with van der Waals surface area (Å²) in [7, 11) is 0. The maximum absolute atomic E-state index is 4.72. The van der Waals surface area contributed by atoms with Crippen molar-refractivity contribution in [2.24, 2.45) is 16.8 Å². The smallest absolute Gasteiger partial charge is 0.0551 e. The highest BCUT2D eigenvalue weighted by molar-refractivity contribution is 7.12. The maximum atomic E-state index is 4.72. The Kier molecular flexibility index (Phi) is 1.76. The maximum Gasteiger partial charge on any atom is 0.0551 e. The highest BCUT2D eigenvalue weighted by atomic mass is 32.1. The SMILES string of the molecule is c1csc(C2=NCC3CCC2C3)c1. The van der Waals surface area contributed by atoms with Crippen LogP contribution in [-0.2, 0) is 0 Å². The normalized spacial score (nSPS) is 31.8. The van der Waals surface area contributed by atoms with E-state index in [1.54, 1.807) is 0 Å². The molecule has 3 rings (SSSR count). The molecule has 1 aromatic heterocycles. The molecule has 1 fully saturated rings. The molecule has 1 aliphatic heterocycles. The molecule has 1 saturated carbocycles. The first kappa shape index (κ1) is 7.74. The third kappa shape index (κ3) is 1.24. The first-order chi connectivity index (χ1) is 6.43. The number of hydrogen-bond acceptors (Lipinski definition) is 2. The van der Waals surface area contributed by atoms with E-state index in [9.17, 15) is 0 Å². The Bertz CT molecular complexity index is 326. The molecule has 2 heteroatoms. The van der Waals surface area contributed by atoms with Gasteiger partial charge in [-0.3, -0.25) is 4.99 Å². The van der Waals surface area contributed by atoms with E-state index >= 15 is 0 Å². The molecule has 0 aromatic carbocycles. The molecule has 1 aromatic rings. The zero-order valence-electron chi connectivity index (χ0n) is 7.57. The predicted octanol–water partition coefficient (Wildman–Crippen LogP) is 2.97. The average molecular weight is 191 g/mol. The quantitative estimate of drug-likeness (QED) is 0.647. The van der Waals surface area contributed by atoms with Crippen molar-refractivity contribution in [3.05, 3.63) is 22.4 Å². The molecule has 0 spiro atoms. The van der Waals surface area contributed by atoms with E-state index in [0.29, 0.717) is 0 Å². The van der Waals surface area contributed by atoms with E-state index in [2.05, 4.69) is 17.5 Å². The summed E-state index contributed by atoms with van der Waals surface area (Å²) in [5, 5.41) is 2.15. The van der Waals surface area contributed by atoms with Gasteiger partial charge >= 0.3 is 0 Å². The van der Waals surface area contributed by atoms with Crippen LogP contribution in [0.3, 0.4) is 0 Å². The second-order valence-corrected chi connectivity index (χ2v) is 5.03. The fraction of sp³-hybridized carbons (Fsp3) is 0.545. The lowest BCUT2D eigenvalue weighted by molar-refractivity contribution is 0.532. The minimum atomic E-state index is 0.789. The number of aliphatic imine (C=N–C) groups is 1. The fourth-order valence-corrected chi connectivity index (χ4v) is 3.36. The highest BCUT2D eigenvalue weighted by Gasteiger charge is 2.32. The standard InChI is InChI=1S/C11H13NS/c1-2-10(13-5-1)11-9-4-3-8(6-9)7-12-11/h1-2,5,8-9H,3-4,6-7H2. The molecule has 2 heterocycles. The van der Waals surface area contributed by atoms with Gasteiger partial charge in [0.15, 0.2) is 0 Å². The zero-order valence-corrected chi connectivity index (χ0v) is 8.39. The van der Waals surface area contributed by atoms with Crippen LogP contribution in [0.2, 0.25) is 0 Å². The second kappa shape index (κ2) is 2.95. The zero-order chi connectivity index (χ0) is 8.67. The average Bonchev–Trinajstić information content (AvgIpc) is 2.77. The molecule has 0 radical (unpaired) electrons. The van der Waals surface area contributed by atoms with Crippen LogP contribution >= 0.6 is 11.3 Å². The van der Waals surface area contributed by atoms with Gasteiger partial charge < -0.3 is 0 Å². The van der Waals surface area contributed by atoms with Gasteiger partial charge in [-0.15, -0.1) is 11.3 Å². The first-order valence-electron chi connectivity index (χ1n) is 5.01. The van der Waals surface area contributed by atoms with Gasteiger partial charge in [0.2, 0.25) is 0 Å². The molecule has 0 saturated heterocycles. The topological polar surface area (TPSA) is 12.4 Å². The van der Waals surface area contributed by atoms with E-state index in [-0.39, 0.29) is 0 Å². The second-order valence-electron chi connectivity index (χ2n) is 4.08. The van der Waals surface area contributed by atoms with Gasteiger partial charge in [-0.05, 0) is 36.6 Å². The van der Waals surface area contributed by atoms with Crippen molar-refractivity contribution < 1.29 is 0 Å². The third-order valence-electron chi connectivity index (χ3n) is 3.22. The van der Waals surface area contributed by atoms with Crippen LogP contribution in [-0.4, -0.2) is 12.3 Å². The van der Waals surface area contributed by atoms with Gasteiger partial charge in [0.25, 0.3) is 0 Å². The van der Waals surface area contributed by atoms with E-state index in [1.165, 1.54) is 29.9 Å². The Balaban J connectivity index is 1.96. The lowest BCUT2D eigenvalue weighted by Crippen LogP contribution is -2.18. The first-order valence-corrected chi connectivity index (χ1v) is 5.89. The number of thiophene rings is 1. The summed E-state index contributed by atoms with van der Waals surface area (Å²) in [6, 6.07) is 4.34. The van der Waals surface area contributed by atoms with Gasteiger partial charge in [0.1, 0.15) is 0 Å². The van der Waals surface area contributed by atoms with Gasteiger partial charge in [-0.2, -0.15) is 0 Å². The van der Waals surface area contributed by atoms with Crippen molar-refractivity contribution in [1.29, 1.82) is 0 Å². The van der Waals surface area contributed by atoms with Gasteiger partial charge in [-0.25, -0.2) is 0 Å². The largest absolute Gasteiger partial charge is 0.288 e. The minimum absolute atomic E-state index is 0.789. The lowest BCUT2D eigenvalue weighted by atomic mass is 9.96. The summed E-state index contributed by atoms with van der Waals surface area (Å²) in [4.78, 5) is 6.13. The van der Waals surface area contributed by atoms with E-state index < -0.39 is 0 Å². The highest BCUT2D eigenvalue weighted by Crippen LogP contribution is 2.38. The molecule has 2 aliphatic rings. The van der Waals surface area contributed by atoms with E-state index in [1.807, 2.05) is 11.3 Å². The molecule has 1 aliphatic carbocycles. The van der Waals surface area contributed by atoms with Crippen LogP contribution in [0.1, 0.15) is 24.1 Å². The van der Waals surface area contributed by atoms with Crippen molar-refractivity contribution in [2.45, 2.75) is 19.3 Å². The van der Waals surface area contributed by atoms with E-state index in [0.717, 1.165) is 18.4 Å². The van der Waals surface area contributed by atoms with Crippen LogP contribution in [0.4, 0.5) is 0 Å². The van der Waals surface area contributed by atoms with Crippen LogP contribution in [0.5, 0.6) is 0 Å². The number of nitrogens with zero attached hydrogens (tertiary/aromatic N) is 1. The summed E-state index contributed by atoms with van der Waals surface area (Å²) in [6.07, 6.45) is 4.18. The molecule has 13 heavy (non-hydrogen) atoms. The molecular weight excluding hydrogens is 178 g/mol. The number of fused-ring (bicyclic) bond motifs is 2. The Morgan fingerprint density at radius 2 is 2.38 bits per heavy atom. The summed E-state index contributed by atoms with van der Waals surface area (Å²) >= 11 is 1.84. The van der Waals surface area contributed by atoms with E-state index in [4.69, 9.17) is 4.99 Å². The predicted molar refractivity (Wildman–Crippen MR) is 56.6 cm³/mol. The van der Waals surface area contributed by atoms with Crippen molar-refractivity contribution in [3.8, 4) is 0 Å². The molecule has 2 atom stereocenters. The van der Waals surface area contributed by atoms with Crippen LogP contribution in [0, 0.1) is 11.8 Å². The van der Waals surface area contributed by atoms with Crippen molar-refractivity contribution in [3.63, 3.8) is 0 Å². The number of rotatable bonds is 1. The third-order valence-corrected chi connectivity index (χ3v) is 4.11. The van der Waals surface area contributed by atoms with Crippen LogP contribution in [0.15, 0.2) is 22.5 Å². The number of hydrogen-bond donors (Lipinski definition) is 0. The fourth-order valence-electron chi connectivity index (χ4n) is 2.55. The Hall–Kier alpha value is -0.630. The van der Waals surface area contributed by atoms with Gasteiger partial charge in [-0.1, -0.05) is 6.07 Å². The minimum Gasteiger partial charge on any atom is -0.288 e. The Morgan fingerprint density at radius 1 is 1.38 bits per heavy atom. The monoisotopic (exact) mass is 191 g/mol. The summed E-state index contributed by atoms with van der Waals surface area (Å²) in [6.45, 7) is 1.09. The Morgan fingerprint density at radius 3 is 3.23 bits per heavy atom. The molecule has 68 valence electrons. The van der Waals surface area contributed by atoms with Crippen molar-refractivity contribution in [1.82, 2.24) is 0 Å². The molecule has 2 bridgehead atoms. The molecular formula is C11H13NS. The molecule has 0 amide bonds. The molecule has 1 nitrogen and oxygen atoms in total.